The average molecular weight is 349 g/mol. The first-order valence-corrected chi connectivity index (χ1v) is 7.72. The van der Waals surface area contributed by atoms with Crippen molar-refractivity contribution in [3.8, 4) is 17.2 Å². The van der Waals surface area contributed by atoms with Crippen LogP contribution in [-0.4, -0.2) is 44.9 Å². The molecule has 0 spiro atoms. The Morgan fingerprint density at radius 2 is 1.86 bits per heavy atom. The largest absolute Gasteiger partial charge is 0.496 e. The van der Waals surface area contributed by atoms with E-state index < -0.39 is 0 Å². The Hall–Kier alpha value is -1.31. The zero-order valence-electron chi connectivity index (χ0n) is 12.8. The van der Waals surface area contributed by atoms with Crippen LogP contribution >= 0.6 is 24.2 Å². The predicted molar refractivity (Wildman–Crippen MR) is 89.4 cm³/mol. The molecule has 8 heteroatoms. The minimum Gasteiger partial charge on any atom is -0.496 e. The third-order valence-corrected chi connectivity index (χ3v) is 4.21. The third kappa shape index (κ3) is 4.34. The van der Waals surface area contributed by atoms with Crippen molar-refractivity contribution in [3.63, 3.8) is 0 Å². The molecular weight excluding hydrogens is 328 g/mol. The zero-order valence-corrected chi connectivity index (χ0v) is 14.4. The summed E-state index contributed by atoms with van der Waals surface area (Å²) < 4.78 is 15.8. The highest BCUT2D eigenvalue weighted by Gasteiger charge is 2.22. The normalized spacial score (nSPS) is 16.6. The molecule has 0 radical (unpaired) electrons. The van der Waals surface area contributed by atoms with E-state index in [1.54, 1.807) is 39.2 Å². The molecule has 1 unspecified atom stereocenters. The minimum absolute atomic E-state index is 0. The molecule has 1 fully saturated rings. The molecule has 1 atom stereocenters. The van der Waals surface area contributed by atoms with Gasteiger partial charge in [0.1, 0.15) is 5.75 Å². The van der Waals surface area contributed by atoms with E-state index >= 15 is 0 Å². The van der Waals surface area contributed by atoms with E-state index in [2.05, 4.69) is 10.6 Å². The fraction of sp³-hybridized carbons (Fsp3) is 0.500. The quantitative estimate of drug-likeness (QED) is 0.810. The molecule has 22 heavy (non-hydrogen) atoms. The Kier molecular flexibility index (Phi) is 7.64. The number of carbonyl (C=O) groups excluding carboxylic acids is 1. The summed E-state index contributed by atoms with van der Waals surface area (Å²) in [6.45, 7) is 0.380. The highest BCUT2D eigenvalue weighted by molar-refractivity contribution is 7.99. The Morgan fingerprint density at radius 3 is 2.41 bits per heavy atom. The number of hydrogen-bond acceptors (Lipinski definition) is 6. The molecule has 1 aliphatic rings. The van der Waals surface area contributed by atoms with Gasteiger partial charge < -0.3 is 19.5 Å². The van der Waals surface area contributed by atoms with Crippen LogP contribution in [0.2, 0.25) is 0 Å². The number of methoxy groups -OCH3 is 3. The van der Waals surface area contributed by atoms with Crippen molar-refractivity contribution in [2.75, 3.05) is 33.0 Å². The van der Waals surface area contributed by atoms with Crippen LogP contribution in [0.25, 0.3) is 0 Å². The molecule has 2 N–H and O–H groups in total. The smallest absolute Gasteiger partial charge is 0.238 e. The van der Waals surface area contributed by atoms with Crippen LogP contribution in [0.5, 0.6) is 17.2 Å². The van der Waals surface area contributed by atoms with Gasteiger partial charge in [-0.15, -0.1) is 24.2 Å². The minimum atomic E-state index is -0.124. The standard InChI is InChI=1S/C14H20N2O4S.ClH/c1-18-11-5-13(20-3)12(19-2)4-9(11)6-15-14(17)10-7-21-8-16-10;/h4-5,10,16H,6-8H2,1-3H3,(H,15,17);1H. The molecule has 1 aromatic carbocycles. The lowest BCUT2D eigenvalue weighted by molar-refractivity contribution is -0.122. The summed E-state index contributed by atoms with van der Waals surface area (Å²) in [5.41, 5.74) is 0.842. The van der Waals surface area contributed by atoms with Crippen molar-refractivity contribution in [3.05, 3.63) is 17.7 Å². The van der Waals surface area contributed by atoms with Gasteiger partial charge in [-0.05, 0) is 6.07 Å². The third-order valence-electron chi connectivity index (χ3n) is 3.27. The van der Waals surface area contributed by atoms with Gasteiger partial charge in [-0.25, -0.2) is 0 Å². The Balaban J connectivity index is 0.00000242. The van der Waals surface area contributed by atoms with E-state index in [0.29, 0.717) is 23.8 Å². The van der Waals surface area contributed by atoms with Crippen LogP contribution < -0.4 is 24.8 Å². The van der Waals surface area contributed by atoms with E-state index in [-0.39, 0.29) is 24.4 Å². The molecule has 0 saturated carbocycles. The van der Waals surface area contributed by atoms with Gasteiger partial charge in [0.25, 0.3) is 0 Å². The first kappa shape index (κ1) is 18.7. The van der Waals surface area contributed by atoms with Crippen LogP contribution in [-0.2, 0) is 11.3 Å². The van der Waals surface area contributed by atoms with Gasteiger partial charge in [0, 0.05) is 29.8 Å². The number of amides is 1. The molecule has 1 amide bonds. The Bertz CT molecular complexity index is 510. The zero-order chi connectivity index (χ0) is 15.2. The monoisotopic (exact) mass is 348 g/mol. The van der Waals surface area contributed by atoms with Gasteiger partial charge >= 0.3 is 0 Å². The Morgan fingerprint density at radius 1 is 1.23 bits per heavy atom. The molecule has 0 aliphatic carbocycles. The summed E-state index contributed by atoms with van der Waals surface area (Å²) in [5.74, 6) is 3.47. The lowest BCUT2D eigenvalue weighted by Crippen LogP contribution is -2.41. The lowest BCUT2D eigenvalue weighted by atomic mass is 10.1. The number of ether oxygens (including phenoxy) is 3. The number of rotatable bonds is 6. The van der Waals surface area contributed by atoms with Crippen LogP contribution in [0.1, 0.15) is 5.56 Å². The number of thioether (sulfide) groups is 1. The van der Waals surface area contributed by atoms with Gasteiger partial charge in [-0.1, -0.05) is 0 Å². The van der Waals surface area contributed by atoms with E-state index in [9.17, 15) is 4.79 Å². The summed E-state index contributed by atoms with van der Waals surface area (Å²) >= 11 is 1.72. The number of nitrogens with one attached hydrogen (secondary N) is 2. The van der Waals surface area contributed by atoms with Gasteiger partial charge in [0.15, 0.2) is 11.5 Å². The van der Waals surface area contributed by atoms with Crippen molar-refractivity contribution >= 4 is 30.1 Å². The van der Waals surface area contributed by atoms with Crippen molar-refractivity contribution in [2.24, 2.45) is 0 Å². The summed E-state index contributed by atoms with van der Waals surface area (Å²) in [5, 5.41) is 6.05. The highest BCUT2D eigenvalue weighted by atomic mass is 35.5. The van der Waals surface area contributed by atoms with E-state index in [4.69, 9.17) is 14.2 Å². The lowest BCUT2D eigenvalue weighted by Gasteiger charge is -2.15. The molecule has 1 aromatic rings. The van der Waals surface area contributed by atoms with Crippen molar-refractivity contribution in [1.82, 2.24) is 10.6 Å². The van der Waals surface area contributed by atoms with Crippen LogP contribution in [0.15, 0.2) is 12.1 Å². The van der Waals surface area contributed by atoms with E-state index in [1.165, 1.54) is 0 Å². The highest BCUT2D eigenvalue weighted by Crippen LogP contribution is 2.34. The summed E-state index contributed by atoms with van der Waals surface area (Å²) in [4.78, 5) is 12.0. The molecule has 1 heterocycles. The Labute approximate surface area is 140 Å². The molecule has 0 bridgehead atoms. The maximum atomic E-state index is 12.0. The van der Waals surface area contributed by atoms with Crippen LogP contribution in [0.3, 0.4) is 0 Å². The van der Waals surface area contributed by atoms with E-state index in [0.717, 1.165) is 17.2 Å². The number of halogens is 1. The SMILES string of the molecule is COc1cc(OC)c(OC)cc1CNC(=O)C1CSCN1.Cl. The number of hydrogen-bond donors (Lipinski definition) is 2. The van der Waals surface area contributed by atoms with Crippen molar-refractivity contribution in [1.29, 1.82) is 0 Å². The van der Waals surface area contributed by atoms with Crippen LogP contribution in [0, 0.1) is 0 Å². The second-order valence-corrected chi connectivity index (χ2v) is 5.54. The first-order valence-electron chi connectivity index (χ1n) is 6.57. The number of benzene rings is 1. The van der Waals surface area contributed by atoms with Gasteiger partial charge in [0.2, 0.25) is 5.91 Å². The first-order chi connectivity index (χ1) is 10.2. The van der Waals surface area contributed by atoms with Gasteiger partial charge in [-0.2, -0.15) is 0 Å². The van der Waals surface area contributed by atoms with Gasteiger partial charge in [-0.3, -0.25) is 10.1 Å². The molecule has 6 nitrogen and oxygen atoms in total. The molecule has 1 saturated heterocycles. The molecule has 1 aliphatic heterocycles. The summed E-state index contributed by atoms with van der Waals surface area (Å²) in [6, 6.07) is 3.44. The molecule has 2 rings (SSSR count). The summed E-state index contributed by atoms with van der Waals surface area (Å²) in [7, 11) is 4.73. The van der Waals surface area contributed by atoms with Gasteiger partial charge in [0.05, 0.1) is 27.4 Å². The number of carbonyl (C=O) groups is 1. The topological polar surface area (TPSA) is 68.8 Å². The summed E-state index contributed by atoms with van der Waals surface area (Å²) in [6.07, 6.45) is 0. The predicted octanol–water partition coefficient (Wildman–Crippen LogP) is 1.41. The maximum absolute atomic E-state index is 12.0. The molecule has 0 aromatic heterocycles. The second kappa shape index (κ2) is 8.97. The molecule has 124 valence electrons. The van der Waals surface area contributed by atoms with Crippen LogP contribution in [0.4, 0.5) is 0 Å². The fourth-order valence-corrected chi connectivity index (χ4v) is 3.04. The molecular formula is C14H21ClN2O4S. The maximum Gasteiger partial charge on any atom is 0.238 e. The van der Waals surface area contributed by atoms with E-state index in [1.807, 2.05) is 6.07 Å². The average Bonchev–Trinajstić information content (AvgIpc) is 3.06. The van der Waals surface area contributed by atoms with Crippen molar-refractivity contribution < 1.29 is 19.0 Å². The fourth-order valence-electron chi connectivity index (χ4n) is 2.10. The van der Waals surface area contributed by atoms with Crippen molar-refractivity contribution in [2.45, 2.75) is 12.6 Å². The second-order valence-electron chi connectivity index (χ2n) is 4.51.